The normalized spacial score (nSPS) is 13.8. The standard InChI is InChI=1S/C14H14BrN3O2/c15-11-4-2-1-3-10(11)7-16-14(19)12-8-18-5-6-20-9-13(18)17-12/h1-4,8H,5-7,9H2,(H,16,19). The Morgan fingerprint density at radius 1 is 1.45 bits per heavy atom. The Kier molecular flexibility index (Phi) is 3.84. The maximum atomic E-state index is 12.1. The third-order valence-electron chi connectivity index (χ3n) is 3.20. The number of amides is 1. The molecule has 104 valence electrons. The van der Waals surface area contributed by atoms with Crippen LogP contribution >= 0.6 is 15.9 Å². The van der Waals surface area contributed by atoms with Gasteiger partial charge in [0.1, 0.15) is 18.1 Å². The van der Waals surface area contributed by atoms with E-state index in [4.69, 9.17) is 4.74 Å². The molecule has 0 fully saturated rings. The van der Waals surface area contributed by atoms with Gasteiger partial charge in [-0.15, -0.1) is 0 Å². The lowest BCUT2D eigenvalue weighted by Gasteiger charge is -2.13. The summed E-state index contributed by atoms with van der Waals surface area (Å²) in [5.74, 6) is 0.643. The summed E-state index contributed by atoms with van der Waals surface area (Å²) in [5, 5.41) is 2.88. The Labute approximate surface area is 125 Å². The number of nitrogens with one attached hydrogen (secondary N) is 1. The predicted octanol–water partition coefficient (Wildman–Crippen LogP) is 2.11. The molecule has 0 spiro atoms. The quantitative estimate of drug-likeness (QED) is 0.934. The summed E-state index contributed by atoms with van der Waals surface area (Å²) < 4.78 is 8.27. The van der Waals surface area contributed by atoms with Crippen molar-refractivity contribution < 1.29 is 9.53 Å². The lowest BCUT2D eigenvalue weighted by Crippen LogP contribution is -2.23. The molecule has 2 heterocycles. The first-order valence-electron chi connectivity index (χ1n) is 6.39. The monoisotopic (exact) mass is 335 g/mol. The molecular formula is C14H14BrN3O2. The molecule has 0 unspecified atom stereocenters. The van der Waals surface area contributed by atoms with Gasteiger partial charge >= 0.3 is 0 Å². The number of carbonyl (C=O) groups is 1. The van der Waals surface area contributed by atoms with Gasteiger partial charge in [0, 0.05) is 23.8 Å². The average Bonchev–Trinajstić information content (AvgIpc) is 2.90. The van der Waals surface area contributed by atoms with Gasteiger partial charge in [-0.2, -0.15) is 0 Å². The number of halogens is 1. The van der Waals surface area contributed by atoms with Crippen LogP contribution < -0.4 is 5.32 Å². The first kappa shape index (κ1) is 13.3. The molecule has 0 radical (unpaired) electrons. The van der Waals surface area contributed by atoms with Gasteiger partial charge in [-0.05, 0) is 11.6 Å². The number of fused-ring (bicyclic) bond motifs is 1. The fraction of sp³-hybridized carbons (Fsp3) is 0.286. The highest BCUT2D eigenvalue weighted by Crippen LogP contribution is 2.15. The second kappa shape index (κ2) is 5.76. The summed E-state index contributed by atoms with van der Waals surface area (Å²) >= 11 is 3.46. The molecule has 0 saturated heterocycles. The number of carbonyl (C=O) groups excluding carboxylic acids is 1. The zero-order chi connectivity index (χ0) is 13.9. The van der Waals surface area contributed by atoms with Crippen molar-refractivity contribution in [1.82, 2.24) is 14.9 Å². The Morgan fingerprint density at radius 2 is 2.30 bits per heavy atom. The molecule has 1 aromatic carbocycles. The molecule has 20 heavy (non-hydrogen) atoms. The van der Waals surface area contributed by atoms with Crippen molar-refractivity contribution in [1.29, 1.82) is 0 Å². The summed E-state index contributed by atoms with van der Waals surface area (Å²) in [5.41, 5.74) is 1.48. The molecule has 1 N–H and O–H groups in total. The molecule has 0 saturated carbocycles. The first-order chi connectivity index (χ1) is 9.74. The number of nitrogens with zero attached hydrogens (tertiary/aromatic N) is 2. The zero-order valence-electron chi connectivity index (χ0n) is 10.8. The van der Waals surface area contributed by atoms with E-state index in [2.05, 4.69) is 26.2 Å². The SMILES string of the molecule is O=C(NCc1ccccc1Br)c1cn2c(n1)COCC2. The lowest BCUT2D eigenvalue weighted by atomic mass is 10.2. The minimum atomic E-state index is -0.164. The van der Waals surface area contributed by atoms with Crippen molar-refractivity contribution in [2.24, 2.45) is 0 Å². The Morgan fingerprint density at radius 3 is 3.10 bits per heavy atom. The van der Waals surface area contributed by atoms with Crippen molar-refractivity contribution in [3.8, 4) is 0 Å². The second-order valence-corrected chi connectivity index (χ2v) is 5.42. The summed E-state index contributed by atoms with van der Waals surface area (Å²) in [6.45, 7) is 2.36. The number of hydrogen-bond acceptors (Lipinski definition) is 3. The van der Waals surface area contributed by atoms with Crippen LogP contribution in [0.2, 0.25) is 0 Å². The molecule has 1 aliphatic rings. The van der Waals surface area contributed by atoms with Crippen molar-refractivity contribution in [3.05, 3.63) is 52.0 Å². The molecule has 5 nitrogen and oxygen atoms in total. The van der Waals surface area contributed by atoms with Gasteiger partial charge in [-0.1, -0.05) is 34.1 Å². The van der Waals surface area contributed by atoms with E-state index in [0.29, 0.717) is 25.5 Å². The van der Waals surface area contributed by atoms with Crippen LogP contribution in [0.25, 0.3) is 0 Å². The highest BCUT2D eigenvalue weighted by atomic mass is 79.9. The second-order valence-electron chi connectivity index (χ2n) is 4.56. The minimum absolute atomic E-state index is 0.164. The number of imidazole rings is 1. The molecule has 0 aliphatic carbocycles. The minimum Gasteiger partial charge on any atom is -0.372 e. The van der Waals surface area contributed by atoms with Gasteiger partial charge in [0.25, 0.3) is 5.91 Å². The van der Waals surface area contributed by atoms with Gasteiger partial charge in [-0.25, -0.2) is 4.98 Å². The zero-order valence-corrected chi connectivity index (χ0v) is 12.4. The third-order valence-corrected chi connectivity index (χ3v) is 3.97. The van der Waals surface area contributed by atoms with Crippen LogP contribution in [-0.2, 0) is 24.4 Å². The van der Waals surface area contributed by atoms with E-state index in [9.17, 15) is 4.79 Å². The number of hydrogen-bond donors (Lipinski definition) is 1. The van der Waals surface area contributed by atoms with Crippen LogP contribution in [0.5, 0.6) is 0 Å². The van der Waals surface area contributed by atoms with Gasteiger partial charge in [-0.3, -0.25) is 4.79 Å². The molecule has 3 rings (SSSR count). The Bertz CT molecular complexity index is 616. The van der Waals surface area contributed by atoms with Gasteiger partial charge < -0.3 is 14.6 Å². The molecule has 0 atom stereocenters. The van der Waals surface area contributed by atoms with Crippen molar-refractivity contribution in [2.45, 2.75) is 19.7 Å². The van der Waals surface area contributed by atoms with E-state index in [1.165, 1.54) is 0 Å². The predicted molar refractivity (Wildman–Crippen MR) is 77.2 cm³/mol. The smallest absolute Gasteiger partial charge is 0.271 e. The van der Waals surface area contributed by atoms with E-state index < -0.39 is 0 Å². The van der Waals surface area contributed by atoms with Crippen molar-refractivity contribution >= 4 is 21.8 Å². The molecular weight excluding hydrogens is 322 g/mol. The van der Waals surface area contributed by atoms with Crippen LogP contribution in [0.3, 0.4) is 0 Å². The number of ether oxygens (including phenoxy) is 1. The fourth-order valence-electron chi connectivity index (χ4n) is 2.11. The largest absolute Gasteiger partial charge is 0.372 e. The maximum absolute atomic E-state index is 12.1. The lowest BCUT2D eigenvalue weighted by molar-refractivity contribution is 0.0816. The molecule has 2 aromatic rings. The average molecular weight is 336 g/mol. The van der Waals surface area contributed by atoms with E-state index in [0.717, 1.165) is 22.4 Å². The molecule has 1 aliphatic heterocycles. The van der Waals surface area contributed by atoms with E-state index in [-0.39, 0.29) is 5.91 Å². The van der Waals surface area contributed by atoms with E-state index >= 15 is 0 Å². The van der Waals surface area contributed by atoms with Crippen LogP contribution in [0.1, 0.15) is 21.9 Å². The molecule has 6 heteroatoms. The van der Waals surface area contributed by atoms with Crippen molar-refractivity contribution in [2.75, 3.05) is 6.61 Å². The summed E-state index contributed by atoms with van der Waals surface area (Å²) in [6, 6.07) is 7.81. The van der Waals surface area contributed by atoms with Gasteiger partial charge in [0.15, 0.2) is 0 Å². The Balaban J connectivity index is 1.67. The van der Waals surface area contributed by atoms with Crippen molar-refractivity contribution in [3.63, 3.8) is 0 Å². The highest BCUT2D eigenvalue weighted by Gasteiger charge is 2.16. The molecule has 1 aromatic heterocycles. The fourth-order valence-corrected chi connectivity index (χ4v) is 2.53. The molecule has 1 amide bonds. The topological polar surface area (TPSA) is 56.2 Å². The number of rotatable bonds is 3. The summed E-state index contributed by atoms with van der Waals surface area (Å²) in [4.78, 5) is 16.4. The van der Waals surface area contributed by atoms with E-state index in [1.54, 1.807) is 6.20 Å². The third kappa shape index (κ3) is 2.76. The highest BCUT2D eigenvalue weighted by molar-refractivity contribution is 9.10. The number of benzene rings is 1. The molecule has 0 bridgehead atoms. The van der Waals surface area contributed by atoms with Crippen LogP contribution in [0.15, 0.2) is 34.9 Å². The van der Waals surface area contributed by atoms with Crippen LogP contribution in [0, 0.1) is 0 Å². The maximum Gasteiger partial charge on any atom is 0.271 e. The summed E-state index contributed by atoms with van der Waals surface area (Å²) in [7, 11) is 0. The summed E-state index contributed by atoms with van der Waals surface area (Å²) in [6.07, 6.45) is 1.78. The first-order valence-corrected chi connectivity index (χ1v) is 7.19. The van der Waals surface area contributed by atoms with Gasteiger partial charge in [0.2, 0.25) is 0 Å². The van der Waals surface area contributed by atoms with Crippen LogP contribution in [0.4, 0.5) is 0 Å². The number of aromatic nitrogens is 2. The van der Waals surface area contributed by atoms with Gasteiger partial charge in [0.05, 0.1) is 6.61 Å². The Hall–Kier alpha value is -1.66. The van der Waals surface area contributed by atoms with Crippen LogP contribution in [-0.4, -0.2) is 22.1 Å². The van der Waals surface area contributed by atoms with E-state index in [1.807, 2.05) is 28.8 Å².